The molecule has 0 saturated heterocycles. The van der Waals surface area contributed by atoms with E-state index < -0.39 is 0 Å². The summed E-state index contributed by atoms with van der Waals surface area (Å²) in [4.78, 5) is 24.0. The average molecular weight is 266 g/mol. The Bertz CT molecular complexity index is 693. The lowest BCUT2D eigenvalue weighted by molar-refractivity contribution is 0.102. The maximum Gasteiger partial charge on any atom is 0.257 e. The van der Waals surface area contributed by atoms with Crippen molar-refractivity contribution in [2.45, 2.75) is 0 Å². The fourth-order valence-electron chi connectivity index (χ4n) is 1.59. The maximum absolute atomic E-state index is 11.9. The molecule has 0 bridgehead atoms. The van der Waals surface area contributed by atoms with Gasteiger partial charge in [-0.25, -0.2) is 14.6 Å². The molecule has 20 heavy (non-hydrogen) atoms. The van der Waals surface area contributed by atoms with Gasteiger partial charge in [0.15, 0.2) is 0 Å². The summed E-state index contributed by atoms with van der Waals surface area (Å²) in [6, 6.07) is 5.16. The fraction of sp³-hybridized carbons (Fsp3) is 0. The number of amides is 1. The highest BCUT2D eigenvalue weighted by Crippen LogP contribution is 2.07. The summed E-state index contributed by atoms with van der Waals surface area (Å²) < 4.78 is 1.53. The maximum atomic E-state index is 11.9. The predicted octanol–water partition coefficient (Wildman–Crippen LogP) is 1.31. The van der Waals surface area contributed by atoms with Gasteiger partial charge in [0.05, 0.1) is 23.6 Å². The van der Waals surface area contributed by atoms with Gasteiger partial charge in [-0.15, -0.1) is 0 Å². The predicted molar refractivity (Wildman–Crippen MR) is 71.3 cm³/mol. The molecule has 0 aromatic carbocycles. The molecular formula is C13H10N6O. The van der Waals surface area contributed by atoms with Crippen LogP contribution in [-0.4, -0.2) is 30.6 Å². The lowest BCUT2D eigenvalue weighted by Crippen LogP contribution is -2.13. The number of carbonyl (C=O) groups excluding carboxylic acids is 1. The molecule has 0 aliphatic rings. The summed E-state index contributed by atoms with van der Waals surface area (Å²) in [5.41, 5.74) is 0.985. The number of carbonyl (C=O) groups is 1. The number of nitrogens with zero attached hydrogens (tertiary/aromatic N) is 5. The van der Waals surface area contributed by atoms with E-state index in [9.17, 15) is 4.79 Å². The smallest absolute Gasteiger partial charge is 0.257 e. The van der Waals surface area contributed by atoms with E-state index in [-0.39, 0.29) is 5.91 Å². The molecular weight excluding hydrogens is 256 g/mol. The highest BCUT2D eigenvalue weighted by atomic mass is 16.1. The van der Waals surface area contributed by atoms with Crippen LogP contribution < -0.4 is 5.32 Å². The first-order valence-electron chi connectivity index (χ1n) is 5.86. The third kappa shape index (κ3) is 2.51. The van der Waals surface area contributed by atoms with Crippen LogP contribution >= 0.6 is 0 Å². The highest BCUT2D eigenvalue weighted by molar-refractivity contribution is 6.03. The molecule has 0 unspecified atom stereocenters. The van der Waals surface area contributed by atoms with Crippen molar-refractivity contribution in [1.82, 2.24) is 24.7 Å². The summed E-state index contributed by atoms with van der Waals surface area (Å²) in [5, 5.41) is 6.72. The lowest BCUT2D eigenvalue weighted by atomic mass is 10.2. The van der Waals surface area contributed by atoms with Gasteiger partial charge >= 0.3 is 0 Å². The Balaban J connectivity index is 1.74. The zero-order valence-electron chi connectivity index (χ0n) is 10.3. The minimum Gasteiger partial charge on any atom is -0.319 e. The van der Waals surface area contributed by atoms with Crippen LogP contribution in [0.3, 0.4) is 0 Å². The molecule has 98 valence electrons. The van der Waals surface area contributed by atoms with E-state index in [0.29, 0.717) is 17.2 Å². The molecule has 3 aromatic heterocycles. The Morgan fingerprint density at radius 2 is 1.95 bits per heavy atom. The topological polar surface area (TPSA) is 85.6 Å². The van der Waals surface area contributed by atoms with Crippen LogP contribution in [0.25, 0.3) is 5.95 Å². The summed E-state index contributed by atoms with van der Waals surface area (Å²) in [6.45, 7) is 0. The van der Waals surface area contributed by atoms with Gasteiger partial charge in [0, 0.05) is 24.8 Å². The highest BCUT2D eigenvalue weighted by Gasteiger charge is 2.07. The first-order chi connectivity index (χ1) is 9.83. The molecule has 0 saturated carbocycles. The quantitative estimate of drug-likeness (QED) is 0.772. The molecule has 3 aromatic rings. The van der Waals surface area contributed by atoms with Gasteiger partial charge < -0.3 is 5.32 Å². The summed E-state index contributed by atoms with van der Waals surface area (Å²) in [5.74, 6) is 0.183. The van der Waals surface area contributed by atoms with Gasteiger partial charge in [0.2, 0.25) is 0 Å². The minimum absolute atomic E-state index is 0.256. The van der Waals surface area contributed by atoms with Crippen LogP contribution in [0.15, 0.2) is 55.4 Å². The zero-order chi connectivity index (χ0) is 13.8. The van der Waals surface area contributed by atoms with Gasteiger partial charge in [0.1, 0.15) is 0 Å². The van der Waals surface area contributed by atoms with Crippen LogP contribution in [-0.2, 0) is 0 Å². The van der Waals surface area contributed by atoms with Gasteiger partial charge in [-0.3, -0.25) is 9.78 Å². The van der Waals surface area contributed by atoms with Crippen LogP contribution in [0.2, 0.25) is 0 Å². The third-order valence-corrected chi connectivity index (χ3v) is 2.53. The molecule has 1 amide bonds. The monoisotopic (exact) mass is 266 g/mol. The summed E-state index contributed by atoms with van der Waals surface area (Å²) >= 11 is 0. The van der Waals surface area contributed by atoms with Crippen molar-refractivity contribution in [3.05, 3.63) is 60.9 Å². The number of hydrogen-bond acceptors (Lipinski definition) is 5. The van der Waals surface area contributed by atoms with Crippen LogP contribution in [0, 0.1) is 0 Å². The molecule has 7 heteroatoms. The molecule has 1 N–H and O–H groups in total. The van der Waals surface area contributed by atoms with Crippen molar-refractivity contribution < 1.29 is 4.79 Å². The average Bonchev–Trinajstić information content (AvgIpc) is 3.03. The largest absolute Gasteiger partial charge is 0.319 e. The van der Waals surface area contributed by atoms with E-state index in [2.05, 4.69) is 25.4 Å². The lowest BCUT2D eigenvalue weighted by Gasteiger charge is -2.05. The van der Waals surface area contributed by atoms with Crippen molar-refractivity contribution in [2.24, 2.45) is 0 Å². The molecule has 0 fully saturated rings. The molecule has 0 spiro atoms. The fourth-order valence-corrected chi connectivity index (χ4v) is 1.59. The number of aromatic nitrogens is 5. The molecule has 3 heterocycles. The Hall–Kier alpha value is -3.09. The summed E-state index contributed by atoms with van der Waals surface area (Å²) in [7, 11) is 0. The Labute approximate surface area is 114 Å². The Morgan fingerprint density at radius 3 is 2.60 bits per heavy atom. The van der Waals surface area contributed by atoms with Crippen LogP contribution in [0.5, 0.6) is 0 Å². The summed E-state index contributed by atoms with van der Waals surface area (Å²) in [6.07, 6.45) is 9.54. The van der Waals surface area contributed by atoms with E-state index in [1.807, 2.05) is 0 Å². The van der Waals surface area contributed by atoms with Crippen molar-refractivity contribution in [3.63, 3.8) is 0 Å². The van der Waals surface area contributed by atoms with Crippen molar-refractivity contribution in [1.29, 1.82) is 0 Å². The van der Waals surface area contributed by atoms with E-state index in [1.54, 1.807) is 36.8 Å². The van der Waals surface area contributed by atoms with Gasteiger partial charge in [0.25, 0.3) is 11.9 Å². The Kier molecular flexibility index (Phi) is 3.15. The van der Waals surface area contributed by atoms with E-state index >= 15 is 0 Å². The van der Waals surface area contributed by atoms with Gasteiger partial charge in [-0.05, 0) is 18.2 Å². The van der Waals surface area contributed by atoms with E-state index in [1.165, 1.54) is 23.3 Å². The number of rotatable bonds is 3. The number of pyridine rings is 1. The van der Waals surface area contributed by atoms with Gasteiger partial charge in [-0.1, -0.05) is 0 Å². The normalized spacial score (nSPS) is 10.2. The van der Waals surface area contributed by atoms with Crippen LogP contribution in [0.1, 0.15) is 10.4 Å². The van der Waals surface area contributed by atoms with E-state index in [0.717, 1.165) is 0 Å². The van der Waals surface area contributed by atoms with Gasteiger partial charge in [-0.2, -0.15) is 5.10 Å². The second kappa shape index (κ2) is 5.27. The first-order valence-corrected chi connectivity index (χ1v) is 5.86. The number of nitrogens with one attached hydrogen (secondary N) is 1. The third-order valence-electron chi connectivity index (χ3n) is 2.53. The van der Waals surface area contributed by atoms with Crippen LogP contribution in [0.4, 0.5) is 5.69 Å². The molecule has 0 aliphatic heterocycles. The standard InChI is InChI=1S/C13H10N6O/c20-12(10-3-1-4-14-7-10)18-11-8-15-13(16-9-11)19-6-2-5-17-19/h1-9H,(H,18,20). The SMILES string of the molecule is O=C(Nc1cnc(-n2cccn2)nc1)c1cccnc1. The molecule has 3 rings (SSSR count). The zero-order valence-corrected chi connectivity index (χ0v) is 10.3. The Morgan fingerprint density at radius 1 is 1.10 bits per heavy atom. The number of anilines is 1. The second-order valence-electron chi connectivity index (χ2n) is 3.92. The van der Waals surface area contributed by atoms with E-state index in [4.69, 9.17) is 0 Å². The van der Waals surface area contributed by atoms with Crippen molar-refractivity contribution in [3.8, 4) is 5.95 Å². The molecule has 0 radical (unpaired) electrons. The van der Waals surface area contributed by atoms with Crippen molar-refractivity contribution >= 4 is 11.6 Å². The number of hydrogen-bond donors (Lipinski definition) is 1. The molecule has 0 aliphatic carbocycles. The minimum atomic E-state index is -0.256. The first kappa shape index (κ1) is 12.0. The van der Waals surface area contributed by atoms with Crippen molar-refractivity contribution in [2.75, 3.05) is 5.32 Å². The molecule has 0 atom stereocenters. The molecule has 7 nitrogen and oxygen atoms in total. The second-order valence-corrected chi connectivity index (χ2v) is 3.92.